The van der Waals surface area contributed by atoms with Gasteiger partial charge in [-0.05, 0) is 11.6 Å². The number of rotatable bonds is 3. The van der Waals surface area contributed by atoms with Gasteiger partial charge in [0.05, 0.1) is 0 Å². The summed E-state index contributed by atoms with van der Waals surface area (Å²) in [6, 6.07) is 9.33. The summed E-state index contributed by atoms with van der Waals surface area (Å²) < 4.78 is -1.74. The highest BCUT2D eigenvalue weighted by Crippen LogP contribution is 2.32. The van der Waals surface area contributed by atoms with Gasteiger partial charge in [0.15, 0.2) is 5.50 Å². The van der Waals surface area contributed by atoms with Crippen molar-refractivity contribution in [2.75, 3.05) is 0 Å². The molecule has 0 spiro atoms. The van der Waals surface area contributed by atoms with Gasteiger partial charge in [-0.15, -0.1) is 0 Å². The third kappa shape index (κ3) is 5.64. The van der Waals surface area contributed by atoms with Crippen LogP contribution in [0.2, 0.25) is 0 Å². The van der Waals surface area contributed by atoms with Crippen molar-refractivity contribution < 1.29 is 4.79 Å². The average Bonchev–Trinajstić information content (AvgIpc) is 2.26. The van der Waals surface area contributed by atoms with E-state index in [2.05, 4.69) is 5.32 Å². The third-order valence-electron chi connectivity index (χ3n) is 1.78. The van der Waals surface area contributed by atoms with Crippen LogP contribution in [0.25, 0.3) is 6.08 Å². The van der Waals surface area contributed by atoms with Crippen LogP contribution >= 0.6 is 46.4 Å². The molecule has 0 aliphatic carbocycles. The fourth-order valence-corrected chi connectivity index (χ4v) is 1.26. The average molecular weight is 313 g/mol. The standard InChI is InChI=1S/C11H9Cl4NO/c12-10(11(13,14)15)16-9(17)7-6-8-4-2-1-3-5-8/h1-7,10H,(H,16,17). The molecule has 2 nitrogen and oxygen atoms in total. The van der Waals surface area contributed by atoms with Crippen molar-refractivity contribution in [3.63, 3.8) is 0 Å². The van der Waals surface area contributed by atoms with Gasteiger partial charge in [-0.25, -0.2) is 0 Å². The van der Waals surface area contributed by atoms with Crippen molar-refractivity contribution in [3.8, 4) is 0 Å². The van der Waals surface area contributed by atoms with Crippen LogP contribution in [0.4, 0.5) is 0 Å². The molecule has 1 unspecified atom stereocenters. The number of nitrogens with one attached hydrogen (secondary N) is 1. The van der Waals surface area contributed by atoms with Crippen molar-refractivity contribution >= 4 is 58.4 Å². The highest BCUT2D eigenvalue weighted by Gasteiger charge is 2.31. The van der Waals surface area contributed by atoms with E-state index in [1.54, 1.807) is 6.08 Å². The minimum atomic E-state index is -1.74. The van der Waals surface area contributed by atoms with E-state index in [9.17, 15) is 4.79 Å². The highest BCUT2D eigenvalue weighted by atomic mass is 35.6. The van der Waals surface area contributed by atoms with Gasteiger partial charge in [0.2, 0.25) is 9.70 Å². The quantitative estimate of drug-likeness (QED) is 0.514. The Morgan fingerprint density at radius 3 is 2.35 bits per heavy atom. The van der Waals surface area contributed by atoms with E-state index in [-0.39, 0.29) is 0 Å². The summed E-state index contributed by atoms with van der Waals surface area (Å²) in [5.74, 6) is -0.430. The highest BCUT2D eigenvalue weighted by molar-refractivity contribution is 6.70. The Kier molecular flexibility index (Phi) is 5.60. The van der Waals surface area contributed by atoms with Gasteiger partial charge in [0.1, 0.15) is 0 Å². The summed E-state index contributed by atoms with van der Waals surface area (Å²) in [6.07, 6.45) is 2.96. The zero-order valence-corrected chi connectivity index (χ0v) is 11.6. The summed E-state index contributed by atoms with van der Waals surface area (Å²) in [5, 5.41) is 2.33. The van der Waals surface area contributed by atoms with Crippen LogP contribution in [0.15, 0.2) is 36.4 Å². The molecule has 92 valence electrons. The van der Waals surface area contributed by atoms with Gasteiger partial charge in [-0.1, -0.05) is 76.7 Å². The smallest absolute Gasteiger partial charge is 0.245 e. The number of hydrogen-bond acceptors (Lipinski definition) is 1. The zero-order valence-electron chi connectivity index (χ0n) is 8.54. The summed E-state index contributed by atoms with van der Waals surface area (Å²) >= 11 is 22.2. The first-order valence-electron chi connectivity index (χ1n) is 4.64. The van der Waals surface area contributed by atoms with Gasteiger partial charge < -0.3 is 5.32 Å². The first-order valence-corrected chi connectivity index (χ1v) is 6.21. The SMILES string of the molecule is O=C(C=Cc1ccccc1)NC(Cl)C(Cl)(Cl)Cl. The number of carbonyl (C=O) groups is 1. The molecule has 1 N–H and O–H groups in total. The summed E-state index contributed by atoms with van der Waals surface area (Å²) in [5.41, 5.74) is -0.192. The Morgan fingerprint density at radius 2 is 1.82 bits per heavy atom. The molecular weight excluding hydrogens is 304 g/mol. The maximum Gasteiger partial charge on any atom is 0.245 e. The lowest BCUT2D eigenvalue weighted by atomic mass is 10.2. The normalized spacial score (nSPS) is 13.6. The van der Waals surface area contributed by atoms with Crippen molar-refractivity contribution in [1.82, 2.24) is 5.32 Å². The topological polar surface area (TPSA) is 29.1 Å². The molecule has 0 radical (unpaired) electrons. The second-order valence-electron chi connectivity index (χ2n) is 3.16. The number of alkyl halides is 4. The van der Waals surface area contributed by atoms with Crippen LogP contribution in [-0.2, 0) is 4.79 Å². The molecule has 0 bridgehead atoms. The van der Waals surface area contributed by atoms with Gasteiger partial charge >= 0.3 is 0 Å². The lowest BCUT2D eigenvalue weighted by molar-refractivity contribution is -0.116. The van der Waals surface area contributed by atoms with E-state index in [0.29, 0.717) is 0 Å². The molecule has 0 aliphatic heterocycles. The Labute approximate surface area is 119 Å². The van der Waals surface area contributed by atoms with E-state index in [1.165, 1.54) is 6.08 Å². The first kappa shape index (κ1) is 14.7. The number of amides is 1. The summed E-state index contributed by atoms with van der Waals surface area (Å²) in [4.78, 5) is 11.4. The van der Waals surface area contributed by atoms with E-state index in [0.717, 1.165) is 5.56 Å². The second kappa shape index (κ2) is 6.50. The minimum absolute atomic E-state index is 0.430. The Bertz CT molecular complexity index is 400. The van der Waals surface area contributed by atoms with Crippen molar-refractivity contribution in [2.24, 2.45) is 0 Å². The van der Waals surface area contributed by atoms with E-state index in [1.807, 2.05) is 30.3 Å². The monoisotopic (exact) mass is 311 g/mol. The fraction of sp³-hybridized carbons (Fsp3) is 0.182. The fourth-order valence-electron chi connectivity index (χ4n) is 0.991. The lowest BCUT2D eigenvalue weighted by Crippen LogP contribution is -2.38. The van der Waals surface area contributed by atoms with Gasteiger partial charge in [-0.2, -0.15) is 0 Å². The molecule has 0 saturated heterocycles. The minimum Gasteiger partial charge on any atom is -0.333 e. The maximum atomic E-state index is 11.4. The van der Waals surface area contributed by atoms with Crippen LogP contribution < -0.4 is 5.32 Å². The van der Waals surface area contributed by atoms with Crippen molar-refractivity contribution in [3.05, 3.63) is 42.0 Å². The van der Waals surface area contributed by atoms with Crippen LogP contribution in [0, 0.1) is 0 Å². The Hall–Kier alpha value is -0.410. The molecule has 1 aromatic carbocycles. The van der Waals surface area contributed by atoms with Crippen molar-refractivity contribution in [1.29, 1.82) is 0 Å². The molecular formula is C11H9Cl4NO. The van der Waals surface area contributed by atoms with E-state index < -0.39 is 15.2 Å². The van der Waals surface area contributed by atoms with E-state index in [4.69, 9.17) is 46.4 Å². The molecule has 0 aromatic heterocycles. The van der Waals surface area contributed by atoms with Crippen LogP contribution in [0.5, 0.6) is 0 Å². The van der Waals surface area contributed by atoms with Crippen molar-refractivity contribution in [2.45, 2.75) is 9.29 Å². The number of hydrogen-bond donors (Lipinski definition) is 1. The molecule has 0 fully saturated rings. The number of carbonyl (C=O) groups excluding carboxylic acids is 1. The Morgan fingerprint density at radius 1 is 1.24 bits per heavy atom. The van der Waals surface area contributed by atoms with Gasteiger partial charge in [-0.3, -0.25) is 4.79 Å². The summed E-state index contributed by atoms with van der Waals surface area (Å²) in [6.45, 7) is 0. The maximum absolute atomic E-state index is 11.4. The summed E-state index contributed by atoms with van der Waals surface area (Å²) in [7, 11) is 0. The Balaban J connectivity index is 2.54. The van der Waals surface area contributed by atoms with Crippen LogP contribution in [0.3, 0.4) is 0 Å². The molecule has 1 rings (SSSR count). The zero-order chi connectivity index (χ0) is 12.9. The second-order valence-corrected chi connectivity index (χ2v) is 5.96. The molecule has 17 heavy (non-hydrogen) atoms. The molecule has 1 amide bonds. The van der Waals surface area contributed by atoms with Crippen LogP contribution in [0.1, 0.15) is 5.56 Å². The lowest BCUT2D eigenvalue weighted by Gasteiger charge is -2.18. The molecule has 1 aromatic rings. The molecule has 0 aliphatic rings. The van der Waals surface area contributed by atoms with Gasteiger partial charge in [0, 0.05) is 6.08 Å². The molecule has 6 heteroatoms. The largest absolute Gasteiger partial charge is 0.333 e. The third-order valence-corrected chi connectivity index (χ3v) is 3.21. The molecule has 0 saturated carbocycles. The van der Waals surface area contributed by atoms with E-state index >= 15 is 0 Å². The van der Waals surface area contributed by atoms with Gasteiger partial charge in [0.25, 0.3) is 0 Å². The number of benzene rings is 1. The number of halogens is 4. The van der Waals surface area contributed by atoms with Crippen LogP contribution in [-0.4, -0.2) is 15.2 Å². The predicted molar refractivity (Wildman–Crippen MR) is 73.5 cm³/mol. The predicted octanol–water partition coefficient (Wildman–Crippen LogP) is 3.75. The molecule has 1 atom stereocenters. The first-order chi connectivity index (χ1) is 7.89. The molecule has 0 heterocycles.